The lowest BCUT2D eigenvalue weighted by Gasteiger charge is -2.45. The zero-order valence-corrected chi connectivity index (χ0v) is 17.5. The number of H-pyrrole nitrogens is 1. The minimum absolute atomic E-state index is 0.0437. The first-order chi connectivity index (χ1) is 13.2. The van der Waals surface area contributed by atoms with Gasteiger partial charge in [0.05, 0.1) is 5.39 Å². The van der Waals surface area contributed by atoms with Gasteiger partial charge in [-0.2, -0.15) is 0 Å². The first-order valence-corrected chi connectivity index (χ1v) is 10.3. The zero-order chi connectivity index (χ0) is 20.1. The molecule has 2 aromatic rings. The highest BCUT2D eigenvalue weighted by molar-refractivity contribution is 5.91. The number of hydrogen-bond donors (Lipinski definition) is 1. The highest BCUT2D eigenvalue weighted by Gasteiger charge is 2.36. The van der Waals surface area contributed by atoms with Crippen LogP contribution < -0.4 is 4.90 Å². The molecule has 0 radical (unpaired) electrons. The Bertz CT molecular complexity index is 867. The third kappa shape index (κ3) is 3.42. The van der Waals surface area contributed by atoms with Crippen molar-refractivity contribution in [1.82, 2.24) is 19.9 Å². The predicted octanol–water partition coefficient (Wildman–Crippen LogP) is 4.06. The third-order valence-electron chi connectivity index (χ3n) is 5.91. The van der Waals surface area contributed by atoms with E-state index in [1.54, 1.807) is 6.33 Å². The molecule has 2 atom stereocenters. The maximum absolute atomic E-state index is 12.6. The Balaban J connectivity index is 1.61. The van der Waals surface area contributed by atoms with E-state index in [-0.39, 0.29) is 18.2 Å². The van der Waals surface area contributed by atoms with Crippen LogP contribution in [-0.2, 0) is 4.74 Å². The van der Waals surface area contributed by atoms with E-state index >= 15 is 0 Å². The number of carbonyl (C=O) groups excluding carboxylic acids is 1. The molecule has 152 valence electrons. The van der Waals surface area contributed by atoms with Crippen LogP contribution in [0, 0.1) is 0 Å². The summed E-state index contributed by atoms with van der Waals surface area (Å²) >= 11 is 0. The highest BCUT2D eigenvalue weighted by Crippen LogP contribution is 2.42. The van der Waals surface area contributed by atoms with E-state index in [1.165, 1.54) is 24.8 Å². The van der Waals surface area contributed by atoms with E-state index < -0.39 is 5.60 Å². The molecule has 1 amide bonds. The van der Waals surface area contributed by atoms with Crippen molar-refractivity contribution in [2.45, 2.75) is 77.5 Å². The Morgan fingerprint density at radius 1 is 1.18 bits per heavy atom. The number of ether oxygens (including phenoxy) is 1. The van der Waals surface area contributed by atoms with Gasteiger partial charge >= 0.3 is 6.09 Å². The van der Waals surface area contributed by atoms with Gasteiger partial charge in [-0.3, -0.25) is 0 Å². The zero-order valence-electron chi connectivity index (χ0n) is 17.5. The van der Waals surface area contributed by atoms with Crippen LogP contribution in [0.5, 0.6) is 0 Å². The Morgan fingerprint density at radius 2 is 1.93 bits per heavy atom. The number of nitrogens with one attached hydrogen (secondary N) is 1. The highest BCUT2D eigenvalue weighted by atomic mass is 16.6. The van der Waals surface area contributed by atoms with E-state index in [1.807, 2.05) is 25.7 Å². The van der Waals surface area contributed by atoms with Gasteiger partial charge in [0.2, 0.25) is 0 Å². The molecular formula is C21H31N5O2. The molecule has 7 heteroatoms. The number of piperazine rings is 1. The quantitative estimate of drug-likeness (QED) is 0.844. The molecular weight excluding hydrogens is 354 g/mol. The minimum Gasteiger partial charge on any atom is -0.444 e. The first kappa shape index (κ1) is 19.0. The molecule has 3 heterocycles. The summed E-state index contributed by atoms with van der Waals surface area (Å²) < 4.78 is 5.61. The van der Waals surface area contributed by atoms with Gasteiger partial charge in [-0.25, -0.2) is 14.8 Å². The molecule has 4 rings (SSSR count). The molecule has 0 unspecified atom stereocenters. The number of hydrogen-bond acceptors (Lipinski definition) is 5. The van der Waals surface area contributed by atoms with Crippen molar-refractivity contribution in [1.29, 1.82) is 0 Å². The van der Waals surface area contributed by atoms with Gasteiger partial charge in [0, 0.05) is 31.4 Å². The fourth-order valence-corrected chi connectivity index (χ4v) is 4.23. The predicted molar refractivity (Wildman–Crippen MR) is 110 cm³/mol. The topological polar surface area (TPSA) is 74.4 Å². The number of anilines is 1. The molecule has 1 saturated carbocycles. The van der Waals surface area contributed by atoms with Gasteiger partial charge in [-0.1, -0.05) is 6.42 Å². The summed E-state index contributed by atoms with van der Waals surface area (Å²) in [6.07, 6.45) is 7.27. The third-order valence-corrected chi connectivity index (χ3v) is 5.91. The summed E-state index contributed by atoms with van der Waals surface area (Å²) in [5.74, 6) is 1.59. The van der Waals surface area contributed by atoms with Crippen LogP contribution in [0.1, 0.15) is 65.4 Å². The van der Waals surface area contributed by atoms with Crippen molar-refractivity contribution in [2.75, 3.05) is 18.0 Å². The van der Waals surface area contributed by atoms with Gasteiger partial charge in [-0.05, 0) is 58.9 Å². The van der Waals surface area contributed by atoms with Crippen LogP contribution in [0.15, 0.2) is 12.5 Å². The van der Waals surface area contributed by atoms with E-state index in [9.17, 15) is 4.79 Å². The Kier molecular flexibility index (Phi) is 4.71. The van der Waals surface area contributed by atoms with E-state index in [0.717, 1.165) is 23.4 Å². The van der Waals surface area contributed by atoms with E-state index in [0.29, 0.717) is 12.5 Å². The fourth-order valence-electron chi connectivity index (χ4n) is 4.23. The molecule has 7 nitrogen and oxygen atoms in total. The molecule has 0 spiro atoms. The van der Waals surface area contributed by atoms with Crippen LogP contribution in [-0.4, -0.2) is 56.7 Å². The number of aromatic amines is 1. The van der Waals surface area contributed by atoms with Gasteiger partial charge < -0.3 is 19.5 Å². The molecule has 2 aromatic heterocycles. The van der Waals surface area contributed by atoms with Crippen LogP contribution in [0.3, 0.4) is 0 Å². The lowest BCUT2D eigenvalue weighted by Crippen LogP contribution is -2.59. The number of fused-ring (bicyclic) bond motifs is 1. The molecule has 1 aliphatic heterocycles. The SMILES string of the molecule is C[C@@H]1CN(c2ncnc3[nH]cc(C4CCC4)c23)[C@@H](C)CN1C(=O)OC(C)(C)C. The van der Waals surface area contributed by atoms with Gasteiger partial charge in [0.15, 0.2) is 0 Å². The second-order valence-electron chi connectivity index (χ2n) is 9.28. The second-order valence-corrected chi connectivity index (χ2v) is 9.28. The average molecular weight is 386 g/mol. The number of rotatable bonds is 2. The Morgan fingerprint density at radius 3 is 2.57 bits per heavy atom. The van der Waals surface area contributed by atoms with Gasteiger partial charge in [0.25, 0.3) is 0 Å². The molecule has 1 saturated heterocycles. The second kappa shape index (κ2) is 6.94. The van der Waals surface area contributed by atoms with Gasteiger partial charge in [-0.15, -0.1) is 0 Å². The largest absolute Gasteiger partial charge is 0.444 e. The molecule has 2 fully saturated rings. The Labute approximate surface area is 166 Å². The number of amides is 1. The number of nitrogens with zero attached hydrogens (tertiary/aromatic N) is 4. The number of aromatic nitrogens is 3. The average Bonchev–Trinajstić information content (AvgIpc) is 2.97. The lowest BCUT2D eigenvalue weighted by atomic mass is 9.80. The summed E-state index contributed by atoms with van der Waals surface area (Å²) in [5.41, 5.74) is 1.76. The van der Waals surface area contributed by atoms with Crippen molar-refractivity contribution >= 4 is 22.9 Å². The van der Waals surface area contributed by atoms with Gasteiger partial charge in [0.1, 0.15) is 23.4 Å². The van der Waals surface area contributed by atoms with Crippen molar-refractivity contribution < 1.29 is 9.53 Å². The van der Waals surface area contributed by atoms with Crippen LogP contribution in [0.25, 0.3) is 11.0 Å². The van der Waals surface area contributed by atoms with Crippen molar-refractivity contribution in [3.8, 4) is 0 Å². The molecule has 0 bridgehead atoms. The molecule has 1 aliphatic carbocycles. The summed E-state index contributed by atoms with van der Waals surface area (Å²) in [4.78, 5) is 29.3. The van der Waals surface area contributed by atoms with Crippen molar-refractivity contribution in [3.05, 3.63) is 18.1 Å². The maximum atomic E-state index is 12.6. The van der Waals surface area contributed by atoms with Crippen molar-refractivity contribution in [3.63, 3.8) is 0 Å². The normalized spacial score (nSPS) is 23.8. The van der Waals surface area contributed by atoms with Crippen molar-refractivity contribution in [2.24, 2.45) is 0 Å². The summed E-state index contributed by atoms with van der Waals surface area (Å²) in [6.45, 7) is 11.3. The number of carbonyl (C=O) groups is 1. The fraction of sp³-hybridized carbons (Fsp3) is 0.667. The van der Waals surface area contributed by atoms with Crippen LogP contribution >= 0.6 is 0 Å². The molecule has 2 aliphatic rings. The molecule has 0 aromatic carbocycles. The summed E-state index contributed by atoms with van der Waals surface area (Å²) in [5, 5.41) is 1.15. The summed E-state index contributed by atoms with van der Waals surface area (Å²) in [6, 6.07) is 0.188. The smallest absolute Gasteiger partial charge is 0.410 e. The molecule has 1 N–H and O–H groups in total. The van der Waals surface area contributed by atoms with E-state index in [4.69, 9.17) is 4.74 Å². The summed E-state index contributed by atoms with van der Waals surface area (Å²) in [7, 11) is 0. The first-order valence-electron chi connectivity index (χ1n) is 10.3. The molecule has 28 heavy (non-hydrogen) atoms. The van der Waals surface area contributed by atoms with Crippen LogP contribution in [0.2, 0.25) is 0 Å². The maximum Gasteiger partial charge on any atom is 0.410 e. The Hall–Kier alpha value is -2.31. The lowest BCUT2D eigenvalue weighted by molar-refractivity contribution is 0.0130. The van der Waals surface area contributed by atoms with E-state index in [2.05, 4.69) is 39.9 Å². The minimum atomic E-state index is -0.487. The van der Waals surface area contributed by atoms with Crippen LogP contribution in [0.4, 0.5) is 10.6 Å². The monoisotopic (exact) mass is 385 g/mol. The standard InChI is InChI=1S/C21H31N5O2/c1-13-11-26(20(27)28-21(3,4)5)14(2)10-25(13)19-17-16(15-7-6-8-15)9-22-18(17)23-12-24-19/h9,12-15H,6-8,10-11H2,1-5H3,(H,22,23,24)/t13-,14+/m0/s1.